The topological polar surface area (TPSA) is 58.2 Å². The highest BCUT2D eigenvalue weighted by Crippen LogP contribution is 1.75. The molecule has 14 heavy (non-hydrogen) atoms. The van der Waals surface area contributed by atoms with Crippen LogP contribution in [-0.4, -0.2) is 31.3 Å². The molecular formula is C10H22N2O2. The first-order chi connectivity index (χ1) is 6.66. The Bertz CT molecular complexity index is 158. The van der Waals surface area contributed by atoms with Crippen LogP contribution in [0.25, 0.3) is 0 Å². The minimum atomic E-state index is -0.0429. The normalized spacial score (nSPS) is 8.57. The van der Waals surface area contributed by atoms with Gasteiger partial charge in [-0.3, -0.25) is 9.59 Å². The van der Waals surface area contributed by atoms with Crippen LogP contribution in [0.2, 0.25) is 0 Å². The van der Waals surface area contributed by atoms with Gasteiger partial charge in [0.05, 0.1) is 6.54 Å². The zero-order valence-electron chi connectivity index (χ0n) is 9.64. The quantitative estimate of drug-likeness (QED) is 0.624. The van der Waals surface area contributed by atoms with E-state index in [4.69, 9.17) is 0 Å². The molecule has 0 rings (SSSR count). The molecule has 0 aliphatic rings. The maximum absolute atomic E-state index is 10.8. The van der Waals surface area contributed by atoms with Crippen LogP contribution in [0.1, 0.15) is 34.1 Å². The maximum atomic E-state index is 10.8. The molecule has 0 aromatic carbocycles. The van der Waals surface area contributed by atoms with Crippen molar-refractivity contribution < 1.29 is 9.59 Å². The summed E-state index contributed by atoms with van der Waals surface area (Å²) in [6.45, 7) is 8.92. The third kappa shape index (κ3) is 13.7. The zero-order valence-corrected chi connectivity index (χ0v) is 9.64. The molecule has 0 saturated heterocycles. The molecule has 2 N–H and O–H groups in total. The molecule has 0 fully saturated rings. The van der Waals surface area contributed by atoms with E-state index in [0.717, 1.165) is 0 Å². The van der Waals surface area contributed by atoms with E-state index in [1.807, 2.05) is 20.8 Å². The molecule has 0 heterocycles. The second kappa shape index (κ2) is 12.1. The van der Waals surface area contributed by atoms with E-state index in [1.165, 1.54) is 6.92 Å². The summed E-state index contributed by atoms with van der Waals surface area (Å²) < 4.78 is 0. The summed E-state index contributed by atoms with van der Waals surface area (Å²) in [5.74, 6) is 0.149. The first-order valence-corrected chi connectivity index (χ1v) is 5.13. The number of carbonyl (C=O) groups is 2. The van der Waals surface area contributed by atoms with Gasteiger partial charge in [-0.1, -0.05) is 20.8 Å². The minimum Gasteiger partial charge on any atom is -0.355 e. The average molecular weight is 202 g/mol. The molecule has 0 aromatic heterocycles. The Balaban J connectivity index is 0. The summed E-state index contributed by atoms with van der Waals surface area (Å²) in [5, 5.41) is 5.55. The molecule has 0 aromatic rings. The van der Waals surface area contributed by atoms with Crippen LogP contribution in [0.4, 0.5) is 0 Å². The predicted molar refractivity (Wildman–Crippen MR) is 58.2 cm³/mol. The van der Waals surface area contributed by atoms with Crippen molar-refractivity contribution in [2.45, 2.75) is 34.1 Å². The van der Waals surface area contributed by atoms with Crippen molar-refractivity contribution in [3.8, 4) is 0 Å². The molecule has 1 amide bonds. The van der Waals surface area contributed by atoms with Crippen molar-refractivity contribution >= 4 is 11.7 Å². The van der Waals surface area contributed by atoms with Crippen LogP contribution in [-0.2, 0) is 9.59 Å². The van der Waals surface area contributed by atoms with E-state index in [9.17, 15) is 9.59 Å². The average Bonchev–Trinajstić information content (AvgIpc) is 2.19. The summed E-state index contributed by atoms with van der Waals surface area (Å²) in [6.07, 6.45) is 0.563. The lowest BCUT2D eigenvalue weighted by atomic mass is 10.3. The molecule has 0 aliphatic heterocycles. The van der Waals surface area contributed by atoms with Gasteiger partial charge in [-0.2, -0.15) is 0 Å². The predicted octanol–water partition coefficient (Wildman–Crippen LogP) is 0.717. The molecule has 0 unspecified atom stereocenters. The van der Waals surface area contributed by atoms with Crippen LogP contribution in [0.3, 0.4) is 0 Å². The van der Waals surface area contributed by atoms with Crippen molar-refractivity contribution in [2.75, 3.05) is 19.6 Å². The lowest BCUT2D eigenvalue weighted by Gasteiger charge is -2.02. The van der Waals surface area contributed by atoms with Crippen LogP contribution in [0, 0.1) is 0 Å². The molecule has 0 bridgehead atoms. The van der Waals surface area contributed by atoms with Gasteiger partial charge in [-0.25, -0.2) is 0 Å². The molecule has 0 saturated carbocycles. The second-order valence-electron chi connectivity index (χ2n) is 2.55. The number of hydrogen-bond acceptors (Lipinski definition) is 3. The first kappa shape index (κ1) is 15.6. The third-order valence-electron chi connectivity index (χ3n) is 1.39. The zero-order chi connectivity index (χ0) is 11.4. The molecular weight excluding hydrogens is 180 g/mol. The van der Waals surface area contributed by atoms with Crippen LogP contribution < -0.4 is 10.6 Å². The number of carbonyl (C=O) groups excluding carboxylic acids is 2. The third-order valence-corrected chi connectivity index (χ3v) is 1.39. The number of Topliss-reactive ketones (excluding diaryl/α,β-unsaturated/α-hetero) is 1. The largest absolute Gasteiger partial charge is 0.355 e. The lowest BCUT2D eigenvalue weighted by molar-refractivity contribution is -0.119. The van der Waals surface area contributed by atoms with Crippen molar-refractivity contribution in [1.29, 1.82) is 0 Å². The van der Waals surface area contributed by atoms with Gasteiger partial charge in [0.1, 0.15) is 5.78 Å². The fourth-order valence-electron chi connectivity index (χ4n) is 0.680. The lowest BCUT2D eigenvalue weighted by Crippen LogP contribution is -2.32. The fraction of sp³-hybridized carbons (Fsp3) is 0.800. The van der Waals surface area contributed by atoms with Crippen LogP contribution >= 0.6 is 0 Å². The monoisotopic (exact) mass is 202 g/mol. The van der Waals surface area contributed by atoms with Gasteiger partial charge in [-0.15, -0.1) is 0 Å². The molecule has 0 atom stereocenters. The molecule has 0 radical (unpaired) electrons. The van der Waals surface area contributed by atoms with Gasteiger partial charge < -0.3 is 10.6 Å². The highest BCUT2D eigenvalue weighted by atomic mass is 16.1. The Morgan fingerprint density at radius 2 is 1.71 bits per heavy atom. The van der Waals surface area contributed by atoms with Crippen LogP contribution in [0.5, 0.6) is 0 Å². The summed E-state index contributed by atoms with van der Waals surface area (Å²) in [6, 6.07) is 0. The van der Waals surface area contributed by atoms with Gasteiger partial charge in [0, 0.05) is 26.4 Å². The molecule has 84 valence electrons. The van der Waals surface area contributed by atoms with E-state index in [2.05, 4.69) is 10.6 Å². The first-order valence-electron chi connectivity index (χ1n) is 5.13. The van der Waals surface area contributed by atoms with Crippen molar-refractivity contribution in [1.82, 2.24) is 10.6 Å². The molecule has 4 heteroatoms. The number of nitrogens with one attached hydrogen (secondary N) is 2. The standard InChI is InChI=1S/C8H16N2O2.C2H6/c1-3-8(12)6-9-4-5-10-7(2)11;1-2/h9H,3-6H2,1-2H3,(H,10,11);1-2H3. The van der Waals surface area contributed by atoms with Crippen molar-refractivity contribution in [3.63, 3.8) is 0 Å². The van der Waals surface area contributed by atoms with E-state index < -0.39 is 0 Å². The van der Waals surface area contributed by atoms with Gasteiger partial charge in [-0.05, 0) is 0 Å². The highest BCUT2D eigenvalue weighted by Gasteiger charge is 1.95. The molecule has 4 nitrogen and oxygen atoms in total. The van der Waals surface area contributed by atoms with Gasteiger partial charge >= 0.3 is 0 Å². The maximum Gasteiger partial charge on any atom is 0.216 e. The Morgan fingerprint density at radius 1 is 1.14 bits per heavy atom. The minimum absolute atomic E-state index is 0.0429. The molecule has 0 aliphatic carbocycles. The Labute approximate surface area is 86.5 Å². The van der Waals surface area contributed by atoms with Crippen LogP contribution in [0.15, 0.2) is 0 Å². The van der Waals surface area contributed by atoms with Gasteiger partial charge in [0.25, 0.3) is 0 Å². The van der Waals surface area contributed by atoms with E-state index in [0.29, 0.717) is 26.1 Å². The Hall–Kier alpha value is -0.900. The summed E-state index contributed by atoms with van der Waals surface area (Å²) in [7, 11) is 0. The summed E-state index contributed by atoms with van der Waals surface area (Å²) >= 11 is 0. The second-order valence-corrected chi connectivity index (χ2v) is 2.55. The fourth-order valence-corrected chi connectivity index (χ4v) is 0.680. The number of hydrogen-bond donors (Lipinski definition) is 2. The number of ketones is 1. The Morgan fingerprint density at radius 3 is 2.14 bits per heavy atom. The summed E-state index contributed by atoms with van der Waals surface area (Å²) in [5.41, 5.74) is 0. The van der Waals surface area contributed by atoms with E-state index in [1.54, 1.807) is 0 Å². The van der Waals surface area contributed by atoms with E-state index in [-0.39, 0.29) is 11.7 Å². The SMILES string of the molecule is CC.CCC(=O)CNCCNC(C)=O. The van der Waals surface area contributed by atoms with Crippen molar-refractivity contribution in [2.24, 2.45) is 0 Å². The Kier molecular flexibility index (Phi) is 13.5. The summed E-state index contributed by atoms with van der Waals surface area (Å²) in [4.78, 5) is 21.2. The van der Waals surface area contributed by atoms with E-state index >= 15 is 0 Å². The highest BCUT2D eigenvalue weighted by molar-refractivity contribution is 5.80. The van der Waals surface area contributed by atoms with Gasteiger partial charge in [0.2, 0.25) is 5.91 Å². The van der Waals surface area contributed by atoms with Gasteiger partial charge in [0.15, 0.2) is 0 Å². The number of amides is 1. The number of rotatable bonds is 6. The van der Waals surface area contributed by atoms with Crippen molar-refractivity contribution in [3.05, 3.63) is 0 Å². The molecule has 0 spiro atoms. The smallest absolute Gasteiger partial charge is 0.216 e.